The van der Waals surface area contributed by atoms with E-state index in [9.17, 15) is 13.2 Å². The van der Waals surface area contributed by atoms with Gasteiger partial charge in [0.15, 0.2) is 9.84 Å². The van der Waals surface area contributed by atoms with Crippen LogP contribution < -0.4 is 10.1 Å². The Labute approximate surface area is 171 Å². The number of carbonyl (C=O) groups excluding carboxylic acids is 1. The van der Waals surface area contributed by atoms with Gasteiger partial charge in [-0.25, -0.2) is 8.42 Å². The lowest BCUT2D eigenvalue weighted by Crippen LogP contribution is -2.13. The van der Waals surface area contributed by atoms with Gasteiger partial charge in [-0.05, 0) is 54.4 Å². The molecule has 29 heavy (non-hydrogen) atoms. The van der Waals surface area contributed by atoms with E-state index < -0.39 is 9.84 Å². The van der Waals surface area contributed by atoms with Gasteiger partial charge in [-0.3, -0.25) is 4.79 Å². The molecule has 0 unspecified atom stereocenters. The van der Waals surface area contributed by atoms with Crippen LogP contribution in [-0.2, 0) is 16.4 Å². The van der Waals surface area contributed by atoms with Gasteiger partial charge in [-0.15, -0.1) is 0 Å². The van der Waals surface area contributed by atoms with Gasteiger partial charge in [0.25, 0.3) is 5.91 Å². The van der Waals surface area contributed by atoms with E-state index in [4.69, 9.17) is 4.74 Å². The molecular weight excluding hydrogens is 386 g/mol. The maximum atomic E-state index is 12.6. The largest absolute Gasteiger partial charge is 0.487 e. The Balaban J connectivity index is 1.76. The van der Waals surface area contributed by atoms with Crippen molar-refractivity contribution in [3.8, 4) is 5.75 Å². The number of rotatable bonds is 7. The SMILES string of the molecule is CCS(=O)(=O)c1ccc(C(=O)Nc2ccc(C)cc2OCc2ccccc2)cc1. The van der Waals surface area contributed by atoms with Crippen molar-refractivity contribution in [1.82, 2.24) is 0 Å². The van der Waals surface area contributed by atoms with Gasteiger partial charge in [0.05, 0.1) is 16.3 Å². The molecule has 1 amide bonds. The van der Waals surface area contributed by atoms with E-state index in [0.29, 0.717) is 23.6 Å². The third-order valence-electron chi connectivity index (χ3n) is 4.48. The zero-order chi connectivity index (χ0) is 20.9. The zero-order valence-corrected chi connectivity index (χ0v) is 17.2. The van der Waals surface area contributed by atoms with E-state index in [-0.39, 0.29) is 16.6 Å². The molecule has 0 aliphatic heterocycles. The second kappa shape index (κ2) is 8.92. The minimum absolute atomic E-state index is 0.0179. The van der Waals surface area contributed by atoms with Crippen LogP contribution in [0, 0.1) is 6.92 Å². The number of carbonyl (C=O) groups is 1. The van der Waals surface area contributed by atoms with E-state index >= 15 is 0 Å². The fraction of sp³-hybridized carbons (Fsp3) is 0.174. The molecule has 0 atom stereocenters. The first-order valence-electron chi connectivity index (χ1n) is 9.30. The first-order chi connectivity index (χ1) is 13.9. The lowest BCUT2D eigenvalue weighted by molar-refractivity contribution is 0.102. The third kappa shape index (κ3) is 5.23. The summed E-state index contributed by atoms with van der Waals surface area (Å²) < 4.78 is 29.8. The molecule has 5 nitrogen and oxygen atoms in total. The quantitative estimate of drug-likeness (QED) is 0.618. The Hall–Kier alpha value is -3.12. The molecule has 0 aromatic heterocycles. The van der Waals surface area contributed by atoms with Gasteiger partial charge in [-0.2, -0.15) is 0 Å². The first-order valence-corrected chi connectivity index (χ1v) is 11.0. The van der Waals surface area contributed by atoms with Crippen LogP contribution in [0.2, 0.25) is 0 Å². The number of anilines is 1. The Kier molecular flexibility index (Phi) is 6.34. The molecule has 3 rings (SSSR count). The van der Waals surface area contributed by atoms with Crippen LogP contribution in [0.5, 0.6) is 5.75 Å². The lowest BCUT2D eigenvalue weighted by atomic mass is 10.1. The average Bonchev–Trinajstić information content (AvgIpc) is 2.74. The Bertz CT molecular complexity index is 1090. The molecule has 0 heterocycles. The standard InChI is InChI=1S/C23H23NO4S/c1-3-29(26,27)20-12-10-19(11-13-20)23(25)24-21-14-9-17(2)15-22(21)28-16-18-7-5-4-6-8-18/h4-15H,3,16H2,1-2H3,(H,24,25). The summed E-state index contributed by atoms with van der Waals surface area (Å²) in [6.45, 7) is 3.93. The van der Waals surface area contributed by atoms with E-state index in [2.05, 4.69) is 5.32 Å². The summed E-state index contributed by atoms with van der Waals surface area (Å²) in [5.41, 5.74) is 2.97. The maximum absolute atomic E-state index is 12.6. The molecule has 3 aromatic carbocycles. The van der Waals surface area contributed by atoms with Crippen molar-refractivity contribution in [2.75, 3.05) is 11.1 Å². The molecule has 150 valence electrons. The highest BCUT2D eigenvalue weighted by molar-refractivity contribution is 7.91. The first kappa shape index (κ1) is 20.6. The molecule has 0 bridgehead atoms. The molecule has 1 N–H and O–H groups in total. The topological polar surface area (TPSA) is 72.5 Å². The minimum Gasteiger partial charge on any atom is -0.487 e. The fourth-order valence-electron chi connectivity index (χ4n) is 2.76. The zero-order valence-electron chi connectivity index (χ0n) is 16.4. The summed E-state index contributed by atoms with van der Waals surface area (Å²) in [7, 11) is -3.30. The van der Waals surface area contributed by atoms with Crippen LogP contribution in [0.4, 0.5) is 5.69 Å². The van der Waals surface area contributed by atoms with Gasteiger partial charge in [0.2, 0.25) is 0 Å². The van der Waals surface area contributed by atoms with Crippen molar-refractivity contribution in [2.45, 2.75) is 25.3 Å². The molecule has 0 saturated carbocycles. The van der Waals surface area contributed by atoms with Gasteiger partial charge < -0.3 is 10.1 Å². The number of nitrogens with one attached hydrogen (secondary N) is 1. The Morgan fingerprint density at radius 2 is 1.66 bits per heavy atom. The third-order valence-corrected chi connectivity index (χ3v) is 6.23. The molecule has 0 fully saturated rings. The van der Waals surface area contributed by atoms with Crippen molar-refractivity contribution in [3.63, 3.8) is 0 Å². The van der Waals surface area contributed by atoms with E-state index in [0.717, 1.165) is 11.1 Å². The van der Waals surface area contributed by atoms with Crippen LogP contribution in [0.25, 0.3) is 0 Å². The number of benzene rings is 3. The van der Waals surface area contributed by atoms with Gasteiger partial charge in [-0.1, -0.05) is 43.3 Å². The van der Waals surface area contributed by atoms with Crippen LogP contribution in [0.3, 0.4) is 0 Å². The monoisotopic (exact) mass is 409 g/mol. The molecule has 0 saturated heterocycles. The lowest BCUT2D eigenvalue weighted by Gasteiger charge is -2.14. The second-order valence-electron chi connectivity index (χ2n) is 6.66. The van der Waals surface area contributed by atoms with Crippen LogP contribution in [0.15, 0.2) is 77.7 Å². The van der Waals surface area contributed by atoms with Crippen molar-refractivity contribution in [3.05, 3.63) is 89.5 Å². The molecule has 0 radical (unpaired) electrons. The van der Waals surface area contributed by atoms with E-state index in [1.807, 2.05) is 49.4 Å². The normalized spacial score (nSPS) is 11.1. The van der Waals surface area contributed by atoms with Crippen LogP contribution in [0.1, 0.15) is 28.4 Å². The molecule has 3 aromatic rings. The van der Waals surface area contributed by atoms with Crippen molar-refractivity contribution < 1.29 is 17.9 Å². The highest BCUT2D eigenvalue weighted by Gasteiger charge is 2.14. The molecule has 0 spiro atoms. The van der Waals surface area contributed by atoms with E-state index in [1.54, 1.807) is 13.0 Å². The summed E-state index contributed by atoms with van der Waals surface area (Å²) in [4.78, 5) is 12.8. The highest BCUT2D eigenvalue weighted by atomic mass is 32.2. The number of hydrogen-bond acceptors (Lipinski definition) is 4. The molecule has 0 aliphatic carbocycles. The number of sulfone groups is 1. The molecule has 6 heteroatoms. The van der Waals surface area contributed by atoms with Crippen LogP contribution in [-0.4, -0.2) is 20.1 Å². The van der Waals surface area contributed by atoms with Crippen molar-refractivity contribution >= 4 is 21.4 Å². The number of hydrogen-bond donors (Lipinski definition) is 1. The Morgan fingerprint density at radius 3 is 2.31 bits per heavy atom. The summed E-state index contributed by atoms with van der Waals surface area (Å²) in [6, 6.07) is 21.3. The van der Waals surface area contributed by atoms with Gasteiger partial charge in [0.1, 0.15) is 12.4 Å². The summed E-state index contributed by atoms with van der Waals surface area (Å²) in [5.74, 6) is 0.260. The van der Waals surface area contributed by atoms with Gasteiger partial charge >= 0.3 is 0 Å². The molecule has 0 aliphatic rings. The predicted octanol–water partition coefficient (Wildman–Crippen LogP) is 4.62. The summed E-state index contributed by atoms with van der Waals surface area (Å²) >= 11 is 0. The minimum atomic E-state index is -3.30. The highest BCUT2D eigenvalue weighted by Crippen LogP contribution is 2.27. The van der Waals surface area contributed by atoms with Crippen molar-refractivity contribution in [1.29, 1.82) is 0 Å². The number of amides is 1. The van der Waals surface area contributed by atoms with Gasteiger partial charge in [0, 0.05) is 5.56 Å². The summed E-state index contributed by atoms with van der Waals surface area (Å²) in [6.07, 6.45) is 0. The molecular formula is C23H23NO4S. The fourth-order valence-corrected chi connectivity index (χ4v) is 3.65. The summed E-state index contributed by atoms with van der Waals surface area (Å²) in [5, 5.41) is 2.85. The number of ether oxygens (including phenoxy) is 1. The van der Waals surface area contributed by atoms with E-state index in [1.165, 1.54) is 24.3 Å². The average molecular weight is 410 g/mol. The Morgan fingerprint density at radius 1 is 0.966 bits per heavy atom. The predicted molar refractivity (Wildman–Crippen MR) is 114 cm³/mol. The maximum Gasteiger partial charge on any atom is 0.255 e. The number of aryl methyl sites for hydroxylation is 1. The second-order valence-corrected chi connectivity index (χ2v) is 8.93. The van der Waals surface area contributed by atoms with Crippen molar-refractivity contribution in [2.24, 2.45) is 0 Å². The van der Waals surface area contributed by atoms with Crippen LogP contribution >= 0.6 is 0 Å². The smallest absolute Gasteiger partial charge is 0.255 e.